The Morgan fingerprint density at radius 1 is 1.50 bits per heavy atom. The zero-order chi connectivity index (χ0) is 15.1. The number of ether oxygens (including phenoxy) is 1. The van der Waals surface area contributed by atoms with Gasteiger partial charge in [-0.3, -0.25) is 10.1 Å². The molecule has 20 heavy (non-hydrogen) atoms. The van der Waals surface area contributed by atoms with Crippen LogP contribution in [0.2, 0.25) is 5.02 Å². The molecule has 0 aliphatic heterocycles. The number of hydrogen-bond donors (Lipinski definition) is 0. The fourth-order valence-corrected chi connectivity index (χ4v) is 1.72. The van der Waals surface area contributed by atoms with Crippen molar-refractivity contribution in [1.29, 1.82) is 0 Å². The van der Waals surface area contributed by atoms with Gasteiger partial charge in [0.1, 0.15) is 5.02 Å². The number of carbonyl (C=O) groups excluding carboxylic acids is 1. The molecule has 1 rings (SSSR count). The average Bonchev–Trinajstić information content (AvgIpc) is 2.40. The van der Waals surface area contributed by atoms with E-state index in [0.717, 1.165) is 12.8 Å². The molecule has 0 unspecified atom stereocenters. The first-order valence-corrected chi connectivity index (χ1v) is 6.61. The fraction of sp³-hybridized carbons (Fsp3) is 0.357. The molecule has 0 saturated heterocycles. The van der Waals surface area contributed by atoms with Crippen molar-refractivity contribution in [3.05, 3.63) is 51.1 Å². The van der Waals surface area contributed by atoms with Crippen molar-refractivity contribution in [3.63, 3.8) is 0 Å². The number of halogens is 1. The summed E-state index contributed by atoms with van der Waals surface area (Å²) in [6, 6.07) is 4.40. The van der Waals surface area contributed by atoms with Gasteiger partial charge in [0.25, 0.3) is 5.69 Å². The Labute approximate surface area is 122 Å². The van der Waals surface area contributed by atoms with E-state index in [0.29, 0.717) is 12.2 Å². The predicted molar refractivity (Wildman–Crippen MR) is 76.8 cm³/mol. The highest BCUT2D eigenvalue weighted by molar-refractivity contribution is 6.32. The molecule has 0 bridgehead atoms. The normalized spacial score (nSPS) is 10.1. The van der Waals surface area contributed by atoms with E-state index in [2.05, 4.69) is 6.58 Å². The van der Waals surface area contributed by atoms with Crippen molar-refractivity contribution in [2.75, 3.05) is 6.61 Å². The van der Waals surface area contributed by atoms with Crippen molar-refractivity contribution in [1.82, 2.24) is 0 Å². The number of nitrogens with zero attached hydrogens (tertiary/aromatic N) is 1. The molecule has 0 fully saturated rings. The molecule has 0 amide bonds. The van der Waals surface area contributed by atoms with Crippen molar-refractivity contribution in [3.8, 4) is 0 Å². The summed E-state index contributed by atoms with van der Waals surface area (Å²) in [4.78, 5) is 21.8. The van der Waals surface area contributed by atoms with Gasteiger partial charge < -0.3 is 4.74 Å². The minimum Gasteiger partial charge on any atom is -0.462 e. The number of nitro benzene ring substituents is 1. The summed E-state index contributed by atoms with van der Waals surface area (Å²) in [5.74, 6) is -0.476. The van der Waals surface area contributed by atoms with Crippen LogP contribution >= 0.6 is 11.6 Å². The lowest BCUT2D eigenvalue weighted by Gasteiger charge is -2.07. The summed E-state index contributed by atoms with van der Waals surface area (Å²) in [5, 5.41) is 10.8. The number of benzene rings is 1. The maximum Gasteiger partial charge on any atom is 0.333 e. The molecule has 0 aliphatic rings. The van der Waals surface area contributed by atoms with E-state index in [-0.39, 0.29) is 22.7 Å². The average molecular weight is 298 g/mol. The molecule has 0 radical (unpaired) electrons. The second-order valence-corrected chi connectivity index (χ2v) is 4.72. The maximum atomic E-state index is 11.6. The minimum atomic E-state index is -0.561. The summed E-state index contributed by atoms with van der Waals surface area (Å²) >= 11 is 5.72. The van der Waals surface area contributed by atoms with Crippen LogP contribution in [0.4, 0.5) is 5.69 Å². The largest absolute Gasteiger partial charge is 0.462 e. The van der Waals surface area contributed by atoms with Gasteiger partial charge in [-0.15, -0.1) is 0 Å². The van der Waals surface area contributed by atoms with Crippen LogP contribution in [0.1, 0.15) is 25.3 Å². The minimum absolute atomic E-state index is 0.0647. The molecule has 0 spiro atoms. The lowest BCUT2D eigenvalue weighted by atomic mass is 10.1. The van der Waals surface area contributed by atoms with Crippen molar-refractivity contribution < 1.29 is 14.5 Å². The predicted octanol–water partition coefficient (Wildman–Crippen LogP) is 3.69. The number of hydrogen-bond acceptors (Lipinski definition) is 4. The third kappa shape index (κ3) is 4.66. The Morgan fingerprint density at radius 3 is 2.80 bits per heavy atom. The monoisotopic (exact) mass is 297 g/mol. The second kappa shape index (κ2) is 7.65. The van der Waals surface area contributed by atoms with E-state index < -0.39 is 10.9 Å². The molecule has 6 heteroatoms. The fourth-order valence-electron chi connectivity index (χ4n) is 1.54. The van der Waals surface area contributed by atoms with Gasteiger partial charge in [-0.2, -0.15) is 0 Å². The smallest absolute Gasteiger partial charge is 0.333 e. The van der Waals surface area contributed by atoms with Crippen LogP contribution in [-0.4, -0.2) is 17.5 Å². The quantitative estimate of drug-likeness (QED) is 0.253. The molecule has 0 atom stereocenters. The Kier molecular flexibility index (Phi) is 6.18. The van der Waals surface area contributed by atoms with E-state index in [4.69, 9.17) is 16.3 Å². The zero-order valence-corrected chi connectivity index (χ0v) is 12.0. The van der Waals surface area contributed by atoms with Crippen LogP contribution in [0.3, 0.4) is 0 Å². The maximum absolute atomic E-state index is 11.6. The summed E-state index contributed by atoms with van der Waals surface area (Å²) in [6.07, 6.45) is 1.93. The van der Waals surface area contributed by atoms with E-state index in [1.807, 2.05) is 6.92 Å². The van der Waals surface area contributed by atoms with E-state index in [1.165, 1.54) is 12.1 Å². The lowest BCUT2D eigenvalue weighted by Crippen LogP contribution is -2.10. The molecule has 0 saturated carbocycles. The highest BCUT2D eigenvalue weighted by Crippen LogP contribution is 2.26. The molecule has 0 aromatic heterocycles. The number of esters is 1. The third-order valence-corrected chi connectivity index (χ3v) is 2.96. The van der Waals surface area contributed by atoms with Crippen LogP contribution in [0.25, 0.3) is 0 Å². The molecular weight excluding hydrogens is 282 g/mol. The Bertz CT molecular complexity index is 528. The topological polar surface area (TPSA) is 69.4 Å². The van der Waals surface area contributed by atoms with Crippen LogP contribution in [0.15, 0.2) is 30.4 Å². The Balaban J connectivity index is 2.68. The Hall–Kier alpha value is -1.88. The second-order valence-electron chi connectivity index (χ2n) is 4.31. The molecule has 0 N–H and O–H groups in total. The molecule has 5 nitrogen and oxygen atoms in total. The molecule has 0 heterocycles. The van der Waals surface area contributed by atoms with Crippen LogP contribution < -0.4 is 0 Å². The van der Waals surface area contributed by atoms with Gasteiger partial charge >= 0.3 is 5.97 Å². The number of unbranched alkanes of at least 4 members (excludes halogenated alkanes) is 1. The van der Waals surface area contributed by atoms with Gasteiger partial charge in [0.15, 0.2) is 0 Å². The van der Waals surface area contributed by atoms with Crippen molar-refractivity contribution >= 4 is 23.3 Å². The van der Waals surface area contributed by atoms with Crippen LogP contribution in [-0.2, 0) is 16.0 Å². The molecule has 0 aliphatic carbocycles. The van der Waals surface area contributed by atoms with Gasteiger partial charge in [-0.05, 0) is 18.1 Å². The first-order chi connectivity index (χ1) is 9.45. The first-order valence-electron chi connectivity index (χ1n) is 6.23. The van der Waals surface area contributed by atoms with E-state index in [1.54, 1.807) is 6.07 Å². The summed E-state index contributed by atoms with van der Waals surface area (Å²) < 4.78 is 5.02. The standard InChI is InChI=1S/C14H16ClNO4/c1-3-4-7-20-14(17)10(2)8-11-5-6-12(15)13(9-11)16(18)19/h5-6,9H,2-4,7-8H2,1H3. The lowest BCUT2D eigenvalue weighted by molar-refractivity contribution is -0.384. The third-order valence-electron chi connectivity index (χ3n) is 2.64. The van der Waals surface area contributed by atoms with Gasteiger partial charge in [0.05, 0.1) is 11.5 Å². The van der Waals surface area contributed by atoms with Crippen LogP contribution in [0, 0.1) is 10.1 Å². The number of nitro groups is 1. The van der Waals surface area contributed by atoms with E-state index >= 15 is 0 Å². The van der Waals surface area contributed by atoms with Gasteiger partial charge in [-0.1, -0.05) is 37.6 Å². The number of carbonyl (C=O) groups is 1. The highest BCUT2D eigenvalue weighted by Gasteiger charge is 2.15. The van der Waals surface area contributed by atoms with E-state index in [9.17, 15) is 14.9 Å². The molecular formula is C14H16ClNO4. The highest BCUT2D eigenvalue weighted by atomic mass is 35.5. The van der Waals surface area contributed by atoms with Crippen molar-refractivity contribution in [2.45, 2.75) is 26.2 Å². The number of rotatable bonds is 7. The molecule has 108 valence electrons. The SMILES string of the molecule is C=C(Cc1ccc(Cl)c([N+](=O)[O-])c1)C(=O)OCCCC. The first kappa shape index (κ1) is 16.2. The molecule has 1 aromatic carbocycles. The van der Waals surface area contributed by atoms with Crippen LogP contribution in [0.5, 0.6) is 0 Å². The zero-order valence-electron chi connectivity index (χ0n) is 11.2. The van der Waals surface area contributed by atoms with Gasteiger partial charge in [0.2, 0.25) is 0 Å². The van der Waals surface area contributed by atoms with Gasteiger partial charge in [0, 0.05) is 18.1 Å². The summed E-state index contributed by atoms with van der Waals surface area (Å²) in [7, 11) is 0. The molecule has 1 aromatic rings. The van der Waals surface area contributed by atoms with Gasteiger partial charge in [-0.25, -0.2) is 4.79 Å². The Morgan fingerprint density at radius 2 is 2.20 bits per heavy atom. The summed E-state index contributed by atoms with van der Waals surface area (Å²) in [6.45, 7) is 6.00. The summed E-state index contributed by atoms with van der Waals surface area (Å²) in [5.41, 5.74) is 0.674. The van der Waals surface area contributed by atoms with Crippen molar-refractivity contribution in [2.24, 2.45) is 0 Å².